The molecule has 6 nitrogen and oxygen atoms in total. The monoisotopic (exact) mass is 270 g/mol. The third kappa shape index (κ3) is 2.73. The van der Waals surface area contributed by atoms with Crippen molar-refractivity contribution in [2.24, 2.45) is 0 Å². The lowest BCUT2D eigenvalue weighted by molar-refractivity contribution is 0.387. The minimum atomic E-state index is -3.08. The van der Waals surface area contributed by atoms with Crippen molar-refractivity contribution >= 4 is 21.5 Å². The van der Waals surface area contributed by atoms with Crippen LogP contribution in [0.5, 0.6) is 0 Å². The van der Waals surface area contributed by atoms with E-state index in [1.54, 1.807) is 6.20 Å². The van der Waals surface area contributed by atoms with Gasteiger partial charge in [0.25, 0.3) is 0 Å². The molecular weight excluding hydrogens is 252 g/mol. The molecule has 1 aromatic rings. The number of aromatic nitrogens is 1. The van der Waals surface area contributed by atoms with Gasteiger partial charge in [0.1, 0.15) is 5.82 Å². The van der Waals surface area contributed by atoms with Crippen molar-refractivity contribution in [3.63, 3.8) is 0 Å². The second kappa shape index (κ2) is 4.74. The van der Waals surface area contributed by atoms with E-state index >= 15 is 0 Å². The maximum absolute atomic E-state index is 11.4. The maximum Gasteiger partial charge on any atom is 0.211 e. The molecule has 1 saturated heterocycles. The third-order valence-corrected chi connectivity index (χ3v) is 4.38. The molecule has 1 aliphatic heterocycles. The summed E-state index contributed by atoms with van der Waals surface area (Å²) in [7, 11) is -3.08. The van der Waals surface area contributed by atoms with Crippen LogP contribution in [-0.4, -0.2) is 50.1 Å². The molecule has 0 atom stereocenters. The Balaban J connectivity index is 2.10. The normalized spacial score (nSPS) is 18.0. The van der Waals surface area contributed by atoms with Crippen LogP contribution in [0, 0.1) is 6.92 Å². The Morgan fingerprint density at radius 3 is 2.39 bits per heavy atom. The van der Waals surface area contributed by atoms with E-state index in [0.29, 0.717) is 31.9 Å². The molecule has 0 spiro atoms. The van der Waals surface area contributed by atoms with Gasteiger partial charge in [0.15, 0.2) is 0 Å². The number of hydrogen-bond donors (Lipinski definition) is 1. The molecule has 0 aromatic carbocycles. The second-order valence-corrected chi connectivity index (χ2v) is 6.54. The van der Waals surface area contributed by atoms with E-state index in [9.17, 15) is 8.42 Å². The molecule has 2 N–H and O–H groups in total. The Kier molecular flexibility index (Phi) is 3.45. The van der Waals surface area contributed by atoms with E-state index in [-0.39, 0.29) is 0 Å². The van der Waals surface area contributed by atoms with Gasteiger partial charge in [-0.15, -0.1) is 0 Å². The zero-order valence-electron chi connectivity index (χ0n) is 10.6. The summed E-state index contributed by atoms with van der Waals surface area (Å²) < 4.78 is 24.3. The lowest BCUT2D eigenvalue weighted by Gasteiger charge is -2.34. The van der Waals surface area contributed by atoms with E-state index in [1.807, 2.05) is 13.0 Å². The Morgan fingerprint density at radius 1 is 1.28 bits per heavy atom. The van der Waals surface area contributed by atoms with Crippen LogP contribution in [0.1, 0.15) is 5.56 Å². The summed E-state index contributed by atoms with van der Waals surface area (Å²) in [5.74, 6) is 0.886. The fraction of sp³-hybridized carbons (Fsp3) is 0.545. The quantitative estimate of drug-likeness (QED) is 0.821. The number of piperazine rings is 1. The number of pyridine rings is 1. The smallest absolute Gasteiger partial charge is 0.211 e. The molecule has 0 radical (unpaired) electrons. The Morgan fingerprint density at radius 2 is 1.89 bits per heavy atom. The highest BCUT2D eigenvalue weighted by Crippen LogP contribution is 2.20. The molecule has 0 unspecified atom stereocenters. The number of hydrogen-bond acceptors (Lipinski definition) is 5. The number of nitrogen functional groups attached to an aromatic ring is 1. The van der Waals surface area contributed by atoms with Crippen molar-refractivity contribution in [3.8, 4) is 0 Å². The Bertz CT molecular complexity index is 536. The minimum absolute atomic E-state index is 0.504. The molecule has 18 heavy (non-hydrogen) atoms. The summed E-state index contributed by atoms with van der Waals surface area (Å²) in [5.41, 5.74) is 7.33. The predicted molar refractivity (Wildman–Crippen MR) is 72.0 cm³/mol. The molecule has 1 aliphatic rings. The fourth-order valence-corrected chi connectivity index (χ4v) is 2.98. The van der Waals surface area contributed by atoms with E-state index in [2.05, 4.69) is 9.88 Å². The van der Waals surface area contributed by atoms with Gasteiger partial charge in [-0.05, 0) is 18.6 Å². The van der Waals surface area contributed by atoms with Crippen LogP contribution in [0.4, 0.5) is 11.5 Å². The van der Waals surface area contributed by atoms with E-state index in [4.69, 9.17) is 5.73 Å². The minimum Gasteiger partial charge on any atom is -0.397 e. The van der Waals surface area contributed by atoms with E-state index < -0.39 is 10.0 Å². The van der Waals surface area contributed by atoms with Crippen molar-refractivity contribution < 1.29 is 8.42 Å². The van der Waals surface area contributed by atoms with Gasteiger partial charge in [-0.25, -0.2) is 13.4 Å². The van der Waals surface area contributed by atoms with Crippen LogP contribution in [0.25, 0.3) is 0 Å². The van der Waals surface area contributed by atoms with Crippen molar-refractivity contribution in [2.75, 3.05) is 43.1 Å². The molecule has 100 valence electrons. The SMILES string of the molecule is Cc1cc(N)cnc1N1CCN(S(C)(=O)=O)CC1. The number of nitrogens with two attached hydrogens (primary N) is 1. The molecule has 0 aliphatic carbocycles. The van der Waals surface area contributed by atoms with Crippen molar-refractivity contribution in [2.45, 2.75) is 6.92 Å². The van der Waals surface area contributed by atoms with E-state index in [0.717, 1.165) is 11.4 Å². The first-order chi connectivity index (χ1) is 8.38. The summed E-state index contributed by atoms with van der Waals surface area (Å²) in [6.07, 6.45) is 2.88. The summed E-state index contributed by atoms with van der Waals surface area (Å²) in [4.78, 5) is 6.42. The van der Waals surface area contributed by atoms with Crippen molar-refractivity contribution in [3.05, 3.63) is 17.8 Å². The topological polar surface area (TPSA) is 79.5 Å². The maximum atomic E-state index is 11.4. The third-order valence-electron chi connectivity index (χ3n) is 3.08. The van der Waals surface area contributed by atoms with Crippen LogP contribution in [0.15, 0.2) is 12.3 Å². The number of aryl methyl sites for hydroxylation is 1. The van der Waals surface area contributed by atoms with Gasteiger partial charge >= 0.3 is 0 Å². The highest BCUT2D eigenvalue weighted by atomic mass is 32.2. The lowest BCUT2D eigenvalue weighted by atomic mass is 10.2. The fourth-order valence-electron chi connectivity index (χ4n) is 2.15. The average molecular weight is 270 g/mol. The molecule has 1 aromatic heterocycles. The van der Waals surface area contributed by atoms with Crippen LogP contribution in [0.3, 0.4) is 0 Å². The van der Waals surface area contributed by atoms with Gasteiger partial charge in [0, 0.05) is 26.2 Å². The number of nitrogens with zero attached hydrogens (tertiary/aromatic N) is 3. The Labute approximate surface area is 107 Å². The summed E-state index contributed by atoms with van der Waals surface area (Å²) in [6.45, 7) is 4.28. The second-order valence-electron chi connectivity index (χ2n) is 4.56. The molecule has 2 heterocycles. The van der Waals surface area contributed by atoms with E-state index in [1.165, 1.54) is 10.6 Å². The van der Waals surface area contributed by atoms with Crippen LogP contribution in [0.2, 0.25) is 0 Å². The zero-order chi connectivity index (χ0) is 13.3. The van der Waals surface area contributed by atoms with Gasteiger partial charge in [-0.3, -0.25) is 0 Å². The molecule has 2 rings (SSSR count). The lowest BCUT2D eigenvalue weighted by Crippen LogP contribution is -2.48. The van der Waals surface area contributed by atoms with Crippen LogP contribution >= 0.6 is 0 Å². The molecule has 0 saturated carbocycles. The van der Waals surface area contributed by atoms with Gasteiger partial charge in [-0.1, -0.05) is 0 Å². The predicted octanol–water partition coefficient (Wildman–Crippen LogP) is 0.0538. The molecule has 7 heteroatoms. The van der Waals surface area contributed by atoms with Gasteiger partial charge < -0.3 is 10.6 Å². The standard InChI is InChI=1S/C11H18N4O2S/c1-9-7-10(12)8-13-11(9)14-3-5-15(6-4-14)18(2,16)17/h7-8H,3-6,12H2,1-2H3. The Hall–Kier alpha value is -1.34. The van der Waals surface area contributed by atoms with Gasteiger partial charge in [0.2, 0.25) is 10.0 Å². The molecule has 1 fully saturated rings. The zero-order valence-corrected chi connectivity index (χ0v) is 11.4. The van der Waals surface area contributed by atoms with Gasteiger partial charge in [-0.2, -0.15) is 4.31 Å². The highest BCUT2D eigenvalue weighted by molar-refractivity contribution is 7.88. The highest BCUT2D eigenvalue weighted by Gasteiger charge is 2.24. The largest absolute Gasteiger partial charge is 0.397 e. The summed E-state index contributed by atoms with van der Waals surface area (Å²) in [5, 5.41) is 0. The number of rotatable bonds is 2. The molecule has 0 amide bonds. The number of anilines is 2. The van der Waals surface area contributed by atoms with Crippen molar-refractivity contribution in [1.82, 2.24) is 9.29 Å². The van der Waals surface area contributed by atoms with Crippen molar-refractivity contribution in [1.29, 1.82) is 0 Å². The first kappa shape index (κ1) is 13.1. The summed E-state index contributed by atoms with van der Waals surface area (Å²) in [6, 6.07) is 1.88. The number of sulfonamides is 1. The molecular formula is C11H18N4O2S. The van der Waals surface area contributed by atoms with Crippen LogP contribution in [-0.2, 0) is 10.0 Å². The summed E-state index contributed by atoms with van der Waals surface area (Å²) >= 11 is 0. The van der Waals surface area contributed by atoms with Crippen LogP contribution < -0.4 is 10.6 Å². The molecule has 0 bridgehead atoms. The first-order valence-electron chi connectivity index (χ1n) is 5.80. The average Bonchev–Trinajstić information content (AvgIpc) is 2.28. The first-order valence-corrected chi connectivity index (χ1v) is 7.65. The van der Waals surface area contributed by atoms with Gasteiger partial charge in [0.05, 0.1) is 18.1 Å².